The van der Waals surface area contributed by atoms with E-state index < -0.39 is 5.97 Å². The van der Waals surface area contributed by atoms with E-state index in [2.05, 4.69) is 13.8 Å². The van der Waals surface area contributed by atoms with Crippen LogP contribution in [0.4, 0.5) is 0 Å². The summed E-state index contributed by atoms with van der Waals surface area (Å²) < 4.78 is 0. The Labute approximate surface area is 113 Å². The number of carbonyl (C=O) groups is 1. The third-order valence-electron chi connectivity index (χ3n) is 3.32. The summed E-state index contributed by atoms with van der Waals surface area (Å²) in [5.41, 5.74) is 1.08. The first-order valence-electron chi connectivity index (χ1n) is 6.18. The number of carboxylic acid groups (broad SMARTS) is 1. The molecule has 0 aliphatic rings. The second kappa shape index (κ2) is 6.76. The van der Waals surface area contributed by atoms with E-state index in [0.717, 1.165) is 12.0 Å². The van der Waals surface area contributed by atoms with Crippen LogP contribution in [0.3, 0.4) is 0 Å². The van der Waals surface area contributed by atoms with Gasteiger partial charge in [0.1, 0.15) is 0 Å². The van der Waals surface area contributed by atoms with Crippen LogP contribution >= 0.6 is 11.6 Å². The van der Waals surface area contributed by atoms with Crippen molar-refractivity contribution in [2.24, 2.45) is 0 Å². The van der Waals surface area contributed by atoms with Crippen LogP contribution in [-0.2, 0) is 4.79 Å². The van der Waals surface area contributed by atoms with Gasteiger partial charge in [0.05, 0.1) is 6.54 Å². The van der Waals surface area contributed by atoms with Crippen molar-refractivity contribution in [3.63, 3.8) is 0 Å². The number of carboxylic acids is 1. The van der Waals surface area contributed by atoms with E-state index in [9.17, 15) is 4.79 Å². The Morgan fingerprint density at radius 2 is 1.89 bits per heavy atom. The Morgan fingerprint density at radius 3 is 2.33 bits per heavy atom. The maximum atomic E-state index is 11.0. The molecule has 0 aliphatic carbocycles. The van der Waals surface area contributed by atoms with E-state index in [-0.39, 0.29) is 18.6 Å². The largest absolute Gasteiger partial charge is 0.480 e. The van der Waals surface area contributed by atoms with Crippen molar-refractivity contribution < 1.29 is 9.90 Å². The predicted octanol–water partition coefficient (Wildman–Crippen LogP) is 3.59. The highest BCUT2D eigenvalue weighted by Crippen LogP contribution is 2.24. The van der Waals surface area contributed by atoms with Crippen molar-refractivity contribution in [2.75, 3.05) is 6.54 Å². The van der Waals surface area contributed by atoms with E-state index in [1.165, 1.54) is 0 Å². The van der Waals surface area contributed by atoms with E-state index in [0.29, 0.717) is 5.02 Å². The van der Waals surface area contributed by atoms with Gasteiger partial charge in [-0.25, -0.2) is 0 Å². The van der Waals surface area contributed by atoms with Crippen molar-refractivity contribution in [3.8, 4) is 0 Å². The van der Waals surface area contributed by atoms with Gasteiger partial charge in [-0.15, -0.1) is 0 Å². The maximum absolute atomic E-state index is 11.0. The SMILES string of the molecule is CCC(C)N(CC(=O)O)C(C)c1ccc(Cl)cc1. The lowest BCUT2D eigenvalue weighted by atomic mass is 10.0. The predicted molar refractivity (Wildman–Crippen MR) is 74.0 cm³/mol. The summed E-state index contributed by atoms with van der Waals surface area (Å²) in [7, 11) is 0. The van der Waals surface area contributed by atoms with E-state index >= 15 is 0 Å². The fourth-order valence-electron chi connectivity index (χ4n) is 2.00. The van der Waals surface area contributed by atoms with Crippen LogP contribution in [0.1, 0.15) is 38.8 Å². The van der Waals surface area contributed by atoms with Crippen LogP contribution in [0.5, 0.6) is 0 Å². The zero-order chi connectivity index (χ0) is 13.7. The van der Waals surface area contributed by atoms with Gasteiger partial charge >= 0.3 is 5.97 Å². The van der Waals surface area contributed by atoms with Crippen LogP contribution in [-0.4, -0.2) is 28.6 Å². The van der Waals surface area contributed by atoms with Gasteiger partial charge < -0.3 is 5.11 Å². The van der Waals surface area contributed by atoms with Crippen LogP contribution in [0, 0.1) is 0 Å². The van der Waals surface area contributed by atoms with Gasteiger partial charge in [0.2, 0.25) is 0 Å². The molecule has 0 radical (unpaired) electrons. The summed E-state index contributed by atoms with van der Waals surface area (Å²) in [4.78, 5) is 12.9. The number of benzene rings is 1. The Balaban J connectivity index is 2.90. The van der Waals surface area contributed by atoms with Gasteiger partial charge in [-0.1, -0.05) is 30.7 Å². The normalized spacial score (nSPS) is 14.5. The average molecular weight is 270 g/mol. The molecule has 0 fully saturated rings. The van der Waals surface area contributed by atoms with E-state index in [1.807, 2.05) is 36.1 Å². The molecular formula is C14H20ClNO2. The van der Waals surface area contributed by atoms with Crippen LogP contribution in [0.15, 0.2) is 24.3 Å². The van der Waals surface area contributed by atoms with Gasteiger partial charge in [0.25, 0.3) is 0 Å². The highest BCUT2D eigenvalue weighted by atomic mass is 35.5. The molecule has 2 atom stereocenters. The number of rotatable bonds is 6. The quantitative estimate of drug-likeness (QED) is 0.858. The Kier molecular flexibility index (Phi) is 5.63. The highest BCUT2D eigenvalue weighted by molar-refractivity contribution is 6.30. The van der Waals surface area contributed by atoms with Crippen molar-refractivity contribution in [3.05, 3.63) is 34.9 Å². The molecule has 1 rings (SSSR count). The minimum atomic E-state index is -0.795. The van der Waals surface area contributed by atoms with Crippen molar-refractivity contribution in [2.45, 2.75) is 39.3 Å². The third kappa shape index (κ3) is 4.00. The monoisotopic (exact) mass is 269 g/mol. The molecule has 0 spiro atoms. The van der Waals surface area contributed by atoms with Gasteiger partial charge in [-0.3, -0.25) is 9.69 Å². The maximum Gasteiger partial charge on any atom is 0.317 e. The van der Waals surface area contributed by atoms with Crippen LogP contribution < -0.4 is 0 Å². The van der Waals surface area contributed by atoms with Crippen molar-refractivity contribution in [1.29, 1.82) is 0 Å². The summed E-state index contributed by atoms with van der Waals surface area (Å²) in [6.07, 6.45) is 0.922. The standard InChI is InChI=1S/C14H20ClNO2/c1-4-10(2)16(9-14(17)18)11(3)12-5-7-13(15)8-6-12/h5-8,10-11H,4,9H2,1-3H3,(H,17,18). The molecule has 3 nitrogen and oxygen atoms in total. The Bertz CT molecular complexity index is 391. The zero-order valence-electron chi connectivity index (χ0n) is 11.1. The highest BCUT2D eigenvalue weighted by Gasteiger charge is 2.22. The molecule has 1 aromatic carbocycles. The number of aliphatic carboxylic acids is 1. The van der Waals surface area contributed by atoms with Gasteiger partial charge in [-0.2, -0.15) is 0 Å². The van der Waals surface area contributed by atoms with Crippen LogP contribution in [0.25, 0.3) is 0 Å². The summed E-state index contributed by atoms with van der Waals surface area (Å²) in [5, 5.41) is 9.70. The second-order valence-corrected chi connectivity index (χ2v) is 4.99. The third-order valence-corrected chi connectivity index (χ3v) is 3.58. The lowest BCUT2D eigenvalue weighted by Gasteiger charge is -2.33. The fourth-order valence-corrected chi connectivity index (χ4v) is 2.12. The molecule has 0 bridgehead atoms. The van der Waals surface area contributed by atoms with Gasteiger partial charge in [0, 0.05) is 17.1 Å². The molecule has 1 N–H and O–H groups in total. The van der Waals surface area contributed by atoms with Gasteiger partial charge in [0.15, 0.2) is 0 Å². The average Bonchev–Trinajstić information content (AvgIpc) is 2.35. The minimum Gasteiger partial charge on any atom is -0.480 e. The summed E-state index contributed by atoms with van der Waals surface area (Å²) in [6.45, 7) is 6.20. The van der Waals surface area contributed by atoms with E-state index in [4.69, 9.17) is 16.7 Å². The molecule has 4 heteroatoms. The molecule has 0 saturated carbocycles. The summed E-state index contributed by atoms with van der Waals surface area (Å²) in [6, 6.07) is 7.86. The topological polar surface area (TPSA) is 40.5 Å². The Hall–Kier alpha value is -1.06. The number of nitrogens with zero attached hydrogens (tertiary/aromatic N) is 1. The molecule has 1 aromatic rings. The molecular weight excluding hydrogens is 250 g/mol. The lowest BCUT2D eigenvalue weighted by molar-refractivity contribution is -0.139. The molecule has 0 aromatic heterocycles. The molecule has 0 amide bonds. The van der Waals surface area contributed by atoms with E-state index in [1.54, 1.807) is 0 Å². The molecule has 18 heavy (non-hydrogen) atoms. The van der Waals surface area contributed by atoms with Crippen LogP contribution in [0.2, 0.25) is 5.02 Å². The van der Waals surface area contributed by atoms with Gasteiger partial charge in [-0.05, 0) is 38.0 Å². The molecule has 0 heterocycles. The first kappa shape index (κ1) is 15.0. The first-order chi connectivity index (χ1) is 8.45. The smallest absolute Gasteiger partial charge is 0.317 e. The lowest BCUT2D eigenvalue weighted by Crippen LogP contribution is -2.39. The Morgan fingerprint density at radius 1 is 1.33 bits per heavy atom. The summed E-state index contributed by atoms with van der Waals surface area (Å²) in [5.74, 6) is -0.795. The fraction of sp³-hybridized carbons (Fsp3) is 0.500. The molecule has 100 valence electrons. The summed E-state index contributed by atoms with van der Waals surface area (Å²) >= 11 is 5.86. The number of hydrogen-bond donors (Lipinski definition) is 1. The minimum absolute atomic E-state index is 0.0544. The molecule has 0 saturated heterocycles. The molecule has 0 aliphatic heterocycles. The number of halogens is 1. The number of hydrogen-bond acceptors (Lipinski definition) is 2. The first-order valence-corrected chi connectivity index (χ1v) is 6.56. The zero-order valence-corrected chi connectivity index (χ0v) is 11.8. The second-order valence-electron chi connectivity index (χ2n) is 4.55. The molecule has 2 unspecified atom stereocenters. The van der Waals surface area contributed by atoms with Crippen molar-refractivity contribution >= 4 is 17.6 Å². The van der Waals surface area contributed by atoms with Crippen molar-refractivity contribution in [1.82, 2.24) is 4.90 Å².